The van der Waals surface area contributed by atoms with Crippen LogP contribution in [0.1, 0.15) is 16.1 Å². The van der Waals surface area contributed by atoms with Gasteiger partial charge in [0, 0.05) is 16.0 Å². The van der Waals surface area contributed by atoms with Crippen LogP contribution in [-0.2, 0) is 6.18 Å². The molecule has 0 aliphatic rings. The van der Waals surface area contributed by atoms with Crippen molar-refractivity contribution in [3.05, 3.63) is 69.6 Å². The number of amides is 1. The molecule has 0 spiro atoms. The highest BCUT2D eigenvalue weighted by molar-refractivity contribution is 14.1. The van der Waals surface area contributed by atoms with Crippen LogP contribution in [0.4, 0.5) is 34.9 Å². The van der Waals surface area contributed by atoms with E-state index < -0.39 is 29.5 Å². The summed E-state index contributed by atoms with van der Waals surface area (Å²) in [6.45, 7) is 0. The van der Waals surface area contributed by atoms with Gasteiger partial charge in [0.25, 0.3) is 5.91 Å². The highest BCUT2D eigenvalue weighted by Gasteiger charge is 2.32. The van der Waals surface area contributed by atoms with E-state index in [4.69, 9.17) is 0 Å². The van der Waals surface area contributed by atoms with Crippen molar-refractivity contribution in [2.45, 2.75) is 6.18 Å². The SMILES string of the molecule is O=C(NNc1nccc(C(F)(F)F)n1)c1ccncc1Nc1ccc(I)cc1F. The quantitative estimate of drug-likeness (QED) is 0.268. The summed E-state index contributed by atoms with van der Waals surface area (Å²) in [6, 6.07) is 6.55. The molecule has 150 valence electrons. The molecule has 2 aromatic heterocycles. The maximum atomic E-state index is 14.1. The van der Waals surface area contributed by atoms with E-state index in [9.17, 15) is 22.4 Å². The third kappa shape index (κ3) is 5.28. The Bertz CT molecular complexity index is 1050. The van der Waals surface area contributed by atoms with E-state index in [2.05, 4.69) is 31.1 Å². The minimum Gasteiger partial charge on any atom is -0.351 e. The number of hydrogen-bond donors (Lipinski definition) is 3. The summed E-state index contributed by atoms with van der Waals surface area (Å²) in [4.78, 5) is 23.2. The van der Waals surface area contributed by atoms with Gasteiger partial charge < -0.3 is 5.32 Å². The molecule has 3 rings (SSSR count). The molecular weight excluding hydrogens is 507 g/mol. The van der Waals surface area contributed by atoms with Crippen molar-refractivity contribution >= 4 is 45.8 Å². The summed E-state index contributed by atoms with van der Waals surface area (Å²) in [6.07, 6.45) is -1.09. The Morgan fingerprint density at radius 3 is 2.59 bits per heavy atom. The molecule has 0 aliphatic heterocycles. The Balaban J connectivity index is 1.75. The Kier molecular flexibility index (Phi) is 6.10. The zero-order valence-electron chi connectivity index (χ0n) is 14.3. The van der Waals surface area contributed by atoms with Gasteiger partial charge in [0.05, 0.1) is 23.1 Å². The predicted octanol–water partition coefficient (Wildman–Crippen LogP) is 4.13. The van der Waals surface area contributed by atoms with Crippen LogP contribution in [0.25, 0.3) is 0 Å². The van der Waals surface area contributed by atoms with Gasteiger partial charge in [-0.15, -0.1) is 0 Å². The second-order valence-electron chi connectivity index (χ2n) is 5.51. The van der Waals surface area contributed by atoms with Gasteiger partial charge in [-0.1, -0.05) is 0 Å². The highest BCUT2D eigenvalue weighted by Crippen LogP contribution is 2.27. The largest absolute Gasteiger partial charge is 0.433 e. The van der Waals surface area contributed by atoms with E-state index in [0.717, 1.165) is 6.20 Å². The molecule has 29 heavy (non-hydrogen) atoms. The topological polar surface area (TPSA) is 91.8 Å². The smallest absolute Gasteiger partial charge is 0.351 e. The molecule has 3 aromatic rings. The predicted molar refractivity (Wildman–Crippen MR) is 105 cm³/mol. The molecule has 1 amide bonds. The first-order valence-electron chi connectivity index (χ1n) is 7.87. The monoisotopic (exact) mass is 518 g/mol. The number of nitrogens with one attached hydrogen (secondary N) is 3. The van der Waals surface area contributed by atoms with Gasteiger partial charge >= 0.3 is 6.18 Å². The van der Waals surface area contributed by atoms with Gasteiger partial charge in [0.1, 0.15) is 11.5 Å². The molecule has 0 atom stereocenters. The van der Waals surface area contributed by atoms with Gasteiger partial charge in [-0.25, -0.2) is 14.4 Å². The summed E-state index contributed by atoms with van der Waals surface area (Å²) in [5.41, 5.74) is 3.64. The first kappa shape index (κ1) is 20.7. The van der Waals surface area contributed by atoms with Gasteiger partial charge in [-0.2, -0.15) is 13.2 Å². The number of aromatic nitrogens is 3. The number of carbonyl (C=O) groups excluding carboxylic acids is 1. The normalized spacial score (nSPS) is 11.1. The Morgan fingerprint density at radius 1 is 1.07 bits per heavy atom. The van der Waals surface area contributed by atoms with Crippen molar-refractivity contribution in [3.8, 4) is 0 Å². The van der Waals surface area contributed by atoms with Crippen LogP contribution in [-0.4, -0.2) is 20.9 Å². The molecule has 2 heterocycles. The summed E-state index contributed by atoms with van der Waals surface area (Å²) in [5.74, 6) is -1.69. The minimum atomic E-state index is -4.65. The van der Waals surface area contributed by atoms with Gasteiger partial charge in [0.15, 0.2) is 0 Å². The number of anilines is 3. The first-order valence-corrected chi connectivity index (χ1v) is 8.94. The average Bonchev–Trinajstić information content (AvgIpc) is 2.68. The number of alkyl halides is 3. The Labute approximate surface area is 175 Å². The third-order valence-corrected chi connectivity index (χ3v) is 4.17. The maximum absolute atomic E-state index is 14.1. The lowest BCUT2D eigenvalue weighted by molar-refractivity contribution is -0.141. The zero-order valence-corrected chi connectivity index (χ0v) is 16.4. The fourth-order valence-corrected chi connectivity index (χ4v) is 2.64. The van der Waals surface area contributed by atoms with Crippen molar-refractivity contribution in [1.29, 1.82) is 0 Å². The number of halogens is 5. The van der Waals surface area contributed by atoms with Crippen LogP contribution in [0.5, 0.6) is 0 Å². The molecule has 0 bridgehead atoms. The second-order valence-corrected chi connectivity index (χ2v) is 6.76. The standard InChI is InChI=1S/C17H11F4IN6O/c18-11-7-9(22)1-2-12(11)25-13-8-23-5-3-10(13)15(29)27-28-16-24-6-4-14(26-16)17(19,20)21/h1-8,25H,(H,27,29)(H,24,26,28). The maximum Gasteiger partial charge on any atom is 0.433 e. The van der Waals surface area contributed by atoms with Crippen LogP contribution in [0.2, 0.25) is 0 Å². The number of nitrogens with zero attached hydrogens (tertiary/aromatic N) is 3. The third-order valence-electron chi connectivity index (χ3n) is 3.50. The van der Waals surface area contributed by atoms with Crippen molar-refractivity contribution in [2.75, 3.05) is 10.7 Å². The number of hydrazine groups is 1. The van der Waals surface area contributed by atoms with E-state index >= 15 is 0 Å². The van der Waals surface area contributed by atoms with Gasteiger partial charge in [-0.3, -0.25) is 20.6 Å². The number of rotatable bonds is 5. The lowest BCUT2D eigenvalue weighted by Crippen LogP contribution is -2.31. The van der Waals surface area contributed by atoms with Crippen molar-refractivity contribution in [1.82, 2.24) is 20.4 Å². The first-order chi connectivity index (χ1) is 13.7. The number of benzene rings is 1. The summed E-state index contributed by atoms with van der Waals surface area (Å²) >= 11 is 1.96. The van der Waals surface area contributed by atoms with Crippen LogP contribution >= 0.6 is 22.6 Å². The van der Waals surface area contributed by atoms with E-state index in [0.29, 0.717) is 9.64 Å². The summed E-state index contributed by atoms with van der Waals surface area (Å²) < 4.78 is 52.9. The molecule has 1 aromatic carbocycles. The average molecular weight is 518 g/mol. The number of pyridine rings is 1. The Hall–Kier alpha value is -3.03. The summed E-state index contributed by atoms with van der Waals surface area (Å²) in [5, 5.41) is 2.77. The van der Waals surface area contributed by atoms with Gasteiger partial charge in [-0.05, 0) is 52.9 Å². The zero-order chi connectivity index (χ0) is 21.0. The van der Waals surface area contributed by atoms with E-state index in [-0.39, 0.29) is 16.9 Å². The molecular formula is C17H11F4IN6O. The molecule has 0 fully saturated rings. The van der Waals surface area contributed by atoms with E-state index in [1.54, 1.807) is 6.07 Å². The van der Waals surface area contributed by atoms with Crippen molar-refractivity contribution in [2.24, 2.45) is 0 Å². The van der Waals surface area contributed by atoms with Crippen LogP contribution in [0.3, 0.4) is 0 Å². The lowest BCUT2D eigenvalue weighted by Gasteiger charge is -2.13. The second kappa shape index (κ2) is 8.55. The molecule has 0 radical (unpaired) electrons. The molecule has 0 saturated carbocycles. The van der Waals surface area contributed by atoms with Crippen LogP contribution in [0.15, 0.2) is 48.9 Å². The minimum absolute atomic E-state index is 0.0671. The molecule has 0 aliphatic carbocycles. The molecule has 3 N–H and O–H groups in total. The summed E-state index contributed by atoms with van der Waals surface area (Å²) in [7, 11) is 0. The van der Waals surface area contributed by atoms with Crippen LogP contribution in [0, 0.1) is 9.39 Å². The van der Waals surface area contributed by atoms with Gasteiger partial charge in [0.2, 0.25) is 5.95 Å². The Morgan fingerprint density at radius 2 is 1.86 bits per heavy atom. The molecule has 0 unspecified atom stereocenters. The fraction of sp³-hybridized carbons (Fsp3) is 0.0588. The number of hydrogen-bond acceptors (Lipinski definition) is 6. The van der Waals surface area contributed by atoms with Crippen LogP contribution < -0.4 is 16.2 Å². The highest BCUT2D eigenvalue weighted by atomic mass is 127. The lowest BCUT2D eigenvalue weighted by atomic mass is 10.2. The fourth-order valence-electron chi connectivity index (χ4n) is 2.18. The number of carbonyl (C=O) groups is 1. The van der Waals surface area contributed by atoms with E-state index in [1.807, 2.05) is 22.6 Å². The molecule has 7 nitrogen and oxygen atoms in total. The van der Waals surface area contributed by atoms with Crippen molar-refractivity contribution in [3.63, 3.8) is 0 Å². The van der Waals surface area contributed by atoms with Crippen molar-refractivity contribution < 1.29 is 22.4 Å². The van der Waals surface area contributed by atoms with E-state index in [1.165, 1.54) is 30.6 Å². The molecule has 12 heteroatoms. The molecule has 0 saturated heterocycles.